The van der Waals surface area contributed by atoms with E-state index in [1.807, 2.05) is 32.9 Å². The van der Waals surface area contributed by atoms with Crippen molar-refractivity contribution in [1.29, 1.82) is 0 Å². The van der Waals surface area contributed by atoms with Crippen LogP contribution in [0.3, 0.4) is 0 Å². The molecule has 0 saturated carbocycles. The molecule has 168 valence electrons. The van der Waals surface area contributed by atoms with Crippen molar-refractivity contribution in [3.63, 3.8) is 0 Å². The van der Waals surface area contributed by atoms with Crippen LogP contribution in [0.5, 0.6) is 11.5 Å². The first-order valence-corrected chi connectivity index (χ1v) is 12.2. The SMILES string of the molecule is CC[C@@H](NC(=O)[C@H](C)N(c1ccc2c(c1)OCCO2)S(C)(=O)=O)c1ccc(C)cc1C. The quantitative estimate of drug-likeness (QED) is 0.704. The van der Waals surface area contributed by atoms with Crippen molar-refractivity contribution in [2.24, 2.45) is 0 Å². The van der Waals surface area contributed by atoms with Crippen LogP contribution in [0.4, 0.5) is 5.69 Å². The van der Waals surface area contributed by atoms with E-state index in [4.69, 9.17) is 9.47 Å². The van der Waals surface area contributed by atoms with E-state index in [1.54, 1.807) is 25.1 Å². The summed E-state index contributed by atoms with van der Waals surface area (Å²) in [5.41, 5.74) is 3.62. The molecule has 0 saturated heterocycles. The fraction of sp³-hybridized carbons (Fsp3) is 0.435. The average molecular weight is 447 g/mol. The Labute approximate surface area is 184 Å². The number of hydrogen-bond acceptors (Lipinski definition) is 5. The first-order chi connectivity index (χ1) is 14.6. The molecular weight excluding hydrogens is 416 g/mol. The fourth-order valence-corrected chi connectivity index (χ4v) is 5.05. The van der Waals surface area contributed by atoms with Gasteiger partial charge in [-0.1, -0.05) is 30.7 Å². The summed E-state index contributed by atoms with van der Waals surface area (Å²) in [6.45, 7) is 8.44. The minimum Gasteiger partial charge on any atom is -0.486 e. The van der Waals surface area contributed by atoms with Crippen LogP contribution >= 0.6 is 0 Å². The summed E-state index contributed by atoms with van der Waals surface area (Å²) in [5.74, 6) is 0.653. The number of hydrogen-bond donors (Lipinski definition) is 1. The molecule has 0 bridgehead atoms. The van der Waals surface area contributed by atoms with E-state index >= 15 is 0 Å². The molecule has 7 nitrogen and oxygen atoms in total. The third-order valence-electron chi connectivity index (χ3n) is 5.39. The highest BCUT2D eigenvalue weighted by molar-refractivity contribution is 7.92. The molecule has 1 N–H and O–H groups in total. The monoisotopic (exact) mass is 446 g/mol. The van der Waals surface area contributed by atoms with Crippen LogP contribution in [0.2, 0.25) is 0 Å². The Morgan fingerprint density at radius 2 is 1.77 bits per heavy atom. The lowest BCUT2D eigenvalue weighted by molar-refractivity contribution is -0.122. The molecule has 0 radical (unpaired) electrons. The van der Waals surface area contributed by atoms with Crippen LogP contribution < -0.4 is 19.1 Å². The minimum atomic E-state index is -3.73. The zero-order valence-electron chi connectivity index (χ0n) is 18.6. The average Bonchev–Trinajstić information content (AvgIpc) is 2.71. The number of fused-ring (bicyclic) bond motifs is 1. The number of nitrogens with zero attached hydrogens (tertiary/aromatic N) is 1. The first kappa shape index (κ1) is 22.9. The Morgan fingerprint density at radius 1 is 1.10 bits per heavy atom. The normalized spacial score (nSPS) is 15.1. The van der Waals surface area contributed by atoms with Gasteiger partial charge in [-0.15, -0.1) is 0 Å². The van der Waals surface area contributed by atoms with E-state index in [0.717, 1.165) is 27.3 Å². The van der Waals surface area contributed by atoms with E-state index in [9.17, 15) is 13.2 Å². The van der Waals surface area contributed by atoms with Gasteiger partial charge < -0.3 is 14.8 Å². The molecule has 8 heteroatoms. The van der Waals surface area contributed by atoms with Gasteiger partial charge in [0, 0.05) is 6.07 Å². The fourth-order valence-electron chi connectivity index (χ4n) is 3.89. The number of amides is 1. The van der Waals surface area contributed by atoms with Gasteiger partial charge in [-0.05, 0) is 50.5 Å². The lowest BCUT2D eigenvalue weighted by Crippen LogP contribution is -2.48. The van der Waals surface area contributed by atoms with Gasteiger partial charge in [0.15, 0.2) is 11.5 Å². The molecule has 0 fully saturated rings. The standard InChI is InChI=1S/C23H30N2O5S/c1-6-20(19-9-7-15(2)13-16(19)3)24-23(26)17(4)25(31(5,27)28)18-8-10-21-22(14-18)30-12-11-29-21/h7-10,13-14,17,20H,6,11-12H2,1-5H3,(H,24,26)/t17-,20+/m0/s1. The minimum absolute atomic E-state index is 0.211. The van der Waals surface area contributed by atoms with Crippen molar-refractivity contribution in [2.45, 2.75) is 46.2 Å². The van der Waals surface area contributed by atoms with Gasteiger partial charge in [0.05, 0.1) is 18.0 Å². The Morgan fingerprint density at radius 3 is 2.39 bits per heavy atom. The Kier molecular flexibility index (Phi) is 6.79. The maximum absolute atomic E-state index is 13.1. The lowest BCUT2D eigenvalue weighted by atomic mass is 9.97. The number of carbonyl (C=O) groups excluding carboxylic acids is 1. The molecule has 1 amide bonds. The first-order valence-electron chi connectivity index (χ1n) is 10.4. The molecule has 2 atom stereocenters. The highest BCUT2D eigenvalue weighted by atomic mass is 32.2. The zero-order valence-corrected chi connectivity index (χ0v) is 19.5. The zero-order chi connectivity index (χ0) is 22.8. The molecule has 1 heterocycles. The molecule has 31 heavy (non-hydrogen) atoms. The number of sulfonamides is 1. The Hall–Kier alpha value is -2.74. The highest BCUT2D eigenvalue weighted by Gasteiger charge is 2.31. The molecule has 0 unspecified atom stereocenters. The van der Waals surface area contributed by atoms with E-state index in [0.29, 0.717) is 36.8 Å². The van der Waals surface area contributed by atoms with Gasteiger partial charge in [0.1, 0.15) is 19.3 Å². The lowest BCUT2D eigenvalue weighted by Gasteiger charge is -2.31. The van der Waals surface area contributed by atoms with Gasteiger partial charge in [-0.2, -0.15) is 0 Å². The van der Waals surface area contributed by atoms with E-state index in [-0.39, 0.29) is 11.9 Å². The number of anilines is 1. The predicted octanol–water partition coefficient (Wildman–Crippen LogP) is 3.50. The topological polar surface area (TPSA) is 84.9 Å². The third kappa shape index (κ3) is 5.12. The molecule has 3 rings (SSSR count). The number of ether oxygens (including phenoxy) is 2. The second kappa shape index (κ2) is 9.18. The number of nitrogens with one attached hydrogen (secondary N) is 1. The largest absolute Gasteiger partial charge is 0.486 e. The van der Waals surface area contributed by atoms with Crippen LogP contribution in [-0.2, 0) is 14.8 Å². The molecule has 2 aromatic carbocycles. The van der Waals surface area contributed by atoms with Crippen LogP contribution in [0, 0.1) is 13.8 Å². The van der Waals surface area contributed by atoms with Crippen LogP contribution in [0.25, 0.3) is 0 Å². The van der Waals surface area contributed by atoms with Crippen LogP contribution in [0.1, 0.15) is 43.0 Å². The molecule has 0 aliphatic carbocycles. The Bertz CT molecular complexity index is 1070. The molecule has 2 aromatic rings. The van der Waals surface area contributed by atoms with Crippen LogP contribution in [-0.4, -0.2) is 39.8 Å². The van der Waals surface area contributed by atoms with Gasteiger partial charge >= 0.3 is 0 Å². The number of rotatable bonds is 7. The van der Waals surface area contributed by atoms with Crippen molar-refractivity contribution in [2.75, 3.05) is 23.8 Å². The second-order valence-electron chi connectivity index (χ2n) is 7.89. The predicted molar refractivity (Wildman–Crippen MR) is 121 cm³/mol. The van der Waals surface area contributed by atoms with Gasteiger partial charge in [0.2, 0.25) is 15.9 Å². The molecular formula is C23H30N2O5S. The highest BCUT2D eigenvalue weighted by Crippen LogP contribution is 2.35. The number of carbonyl (C=O) groups is 1. The molecule has 1 aliphatic heterocycles. The summed E-state index contributed by atoms with van der Waals surface area (Å²) >= 11 is 0. The summed E-state index contributed by atoms with van der Waals surface area (Å²) in [6.07, 6.45) is 1.78. The van der Waals surface area contributed by atoms with Crippen molar-refractivity contribution in [1.82, 2.24) is 5.32 Å². The summed E-state index contributed by atoms with van der Waals surface area (Å²) in [6, 6.07) is 9.83. The van der Waals surface area contributed by atoms with Crippen molar-refractivity contribution >= 4 is 21.6 Å². The summed E-state index contributed by atoms with van der Waals surface area (Å²) < 4.78 is 37.5. The maximum atomic E-state index is 13.1. The van der Waals surface area contributed by atoms with E-state index in [2.05, 4.69) is 11.4 Å². The molecule has 0 aromatic heterocycles. The third-order valence-corrected chi connectivity index (χ3v) is 6.64. The van der Waals surface area contributed by atoms with Crippen LogP contribution in [0.15, 0.2) is 36.4 Å². The van der Waals surface area contributed by atoms with Gasteiger partial charge in [-0.3, -0.25) is 9.10 Å². The number of aryl methyl sites for hydroxylation is 2. The van der Waals surface area contributed by atoms with Gasteiger partial charge in [-0.25, -0.2) is 8.42 Å². The van der Waals surface area contributed by atoms with Gasteiger partial charge in [0.25, 0.3) is 0 Å². The van der Waals surface area contributed by atoms with E-state index in [1.165, 1.54) is 0 Å². The molecule has 0 spiro atoms. The second-order valence-corrected chi connectivity index (χ2v) is 9.75. The maximum Gasteiger partial charge on any atom is 0.244 e. The van der Waals surface area contributed by atoms with E-state index < -0.39 is 16.1 Å². The van der Waals surface area contributed by atoms with Crippen molar-refractivity contribution in [3.8, 4) is 11.5 Å². The summed E-state index contributed by atoms with van der Waals surface area (Å²) in [5, 5.41) is 3.03. The van der Waals surface area contributed by atoms with Crippen molar-refractivity contribution < 1.29 is 22.7 Å². The summed E-state index contributed by atoms with van der Waals surface area (Å²) in [7, 11) is -3.73. The Balaban J connectivity index is 1.87. The smallest absolute Gasteiger partial charge is 0.244 e. The molecule has 1 aliphatic rings. The summed E-state index contributed by atoms with van der Waals surface area (Å²) in [4.78, 5) is 13.1. The number of benzene rings is 2. The van der Waals surface area contributed by atoms with Crippen molar-refractivity contribution in [3.05, 3.63) is 53.1 Å².